The average Bonchev–Trinajstić information content (AvgIpc) is 3.43. The maximum absolute atomic E-state index is 4.90. The number of aryl methyl sites for hydroxylation is 1. The number of benzene rings is 1. The normalized spacial score (nSPS) is 15.0. The van der Waals surface area contributed by atoms with E-state index in [-0.39, 0.29) is 16.2 Å². The molecule has 1 aliphatic rings. The first-order valence-corrected chi connectivity index (χ1v) is 16.8. The van der Waals surface area contributed by atoms with Crippen molar-refractivity contribution in [1.82, 2.24) is 9.97 Å². The van der Waals surface area contributed by atoms with Crippen LogP contribution < -0.4 is 10.4 Å². The molecular weight excluding hydrogens is 565 g/mol. The summed E-state index contributed by atoms with van der Waals surface area (Å²) in [6, 6.07) is 21.5. The number of hydrogen-bond donors (Lipinski definition) is 0. The summed E-state index contributed by atoms with van der Waals surface area (Å²) in [6.45, 7) is 27.3. The molecule has 1 aromatic carbocycles. The topological polar surface area (TPSA) is 25.8 Å². The molecule has 0 radical (unpaired) electrons. The summed E-state index contributed by atoms with van der Waals surface area (Å²) >= 11 is 1.82. The monoisotopic (exact) mass is 612 g/mol. The molecule has 0 amide bonds. The molecule has 0 unspecified atom stereocenters. The van der Waals surface area contributed by atoms with Gasteiger partial charge in [-0.05, 0) is 99.2 Å². The van der Waals surface area contributed by atoms with Crippen molar-refractivity contribution in [3.8, 4) is 0 Å². The molecule has 3 heteroatoms. The zero-order chi connectivity index (χ0) is 32.7. The minimum absolute atomic E-state index is 0.0283. The van der Waals surface area contributed by atoms with E-state index >= 15 is 0 Å². The highest BCUT2D eigenvalue weighted by atomic mass is 32.1. The van der Waals surface area contributed by atoms with Crippen molar-refractivity contribution >= 4 is 29.1 Å². The largest absolute Gasteiger partial charge is 0.256 e. The van der Waals surface area contributed by atoms with Crippen LogP contribution in [-0.4, -0.2) is 9.97 Å². The van der Waals surface area contributed by atoms with Crippen molar-refractivity contribution < 1.29 is 0 Å². The molecule has 0 atom stereocenters. The summed E-state index contributed by atoms with van der Waals surface area (Å²) in [4.78, 5) is 12.1. The minimum Gasteiger partial charge on any atom is -0.256 e. The lowest BCUT2D eigenvalue weighted by atomic mass is 9.72. The zero-order valence-corrected chi connectivity index (χ0v) is 29.6. The standard InChI is InChI=1S/C42H48N2S/c1-27-22-29(25-33(28(27)2)42(9,10)11)38(34-16-12-14-20-43-34)36-18-19-37(45-36)39(35-17-13-15-21-44-35)30-23-31(40(3,4)5)26-32(24-30)41(6,7)8/h12-25H,2,26H2,1,3-11H3/b38-29-. The third-order valence-corrected chi connectivity index (χ3v) is 9.89. The summed E-state index contributed by atoms with van der Waals surface area (Å²) in [7, 11) is 0. The van der Waals surface area contributed by atoms with Gasteiger partial charge in [-0.25, -0.2) is 0 Å². The second kappa shape index (κ2) is 12.2. The molecule has 4 aromatic rings. The molecule has 0 N–H and O–H groups in total. The summed E-state index contributed by atoms with van der Waals surface area (Å²) in [5, 5.41) is 2.28. The molecule has 2 nitrogen and oxygen atoms in total. The van der Waals surface area contributed by atoms with Crippen LogP contribution in [0.25, 0.3) is 17.7 Å². The number of hydrogen-bond acceptors (Lipinski definition) is 3. The molecule has 0 saturated heterocycles. The van der Waals surface area contributed by atoms with Crippen LogP contribution in [0.3, 0.4) is 0 Å². The van der Waals surface area contributed by atoms with Gasteiger partial charge < -0.3 is 0 Å². The van der Waals surface area contributed by atoms with E-state index in [2.05, 4.69) is 136 Å². The Kier molecular flexibility index (Phi) is 8.81. The number of aromatic nitrogens is 2. The molecule has 5 rings (SSSR count). The van der Waals surface area contributed by atoms with Crippen molar-refractivity contribution in [2.75, 3.05) is 0 Å². The molecule has 0 saturated carbocycles. The highest BCUT2D eigenvalue weighted by Gasteiger charge is 2.28. The third-order valence-electron chi connectivity index (χ3n) is 8.77. The second-order valence-corrected chi connectivity index (χ2v) is 16.5. The highest BCUT2D eigenvalue weighted by molar-refractivity contribution is 7.14. The van der Waals surface area contributed by atoms with Gasteiger partial charge in [0.25, 0.3) is 0 Å². The lowest BCUT2D eigenvalue weighted by Crippen LogP contribution is -2.28. The predicted octanol–water partition coefficient (Wildman–Crippen LogP) is 9.95. The number of rotatable bonds is 4. The Morgan fingerprint density at radius 3 is 1.64 bits per heavy atom. The highest BCUT2D eigenvalue weighted by Crippen LogP contribution is 2.44. The van der Waals surface area contributed by atoms with Crippen molar-refractivity contribution in [3.63, 3.8) is 0 Å². The molecule has 3 heterocycles. The van der Waals surface area contributed by atoms with E-state index in [0.717, 1.165) is 28.6 Å². The first-order valence-electron chi connectivity index (χ1n) is 16.0. The third kappa shape index (κ3) is 7.05. The fourth-order valence-electron chi connectivity index (χ4n) is 5.92. The van der Waals surface area contributed by atoms with Crippen LogP contribution in [0, 0.1) is 17.8 Å². The van der Waals surface area contributed by atoms with Gasteiger partial charge >= 0.3 is 0 Å². The molecule has 0 bridgehead atoms. The van der Waals surface area contributed by atoms with Gasteiger partial charge in [-0.15, -0.1) is 11.3 Å². The van der Waals surface area contributed by atoms with Crippen LogP contribution in [0.4, 0.5) is 0 Å². The summed E-state index contributed by atoms with van der Waals surface area (Å²) in [5.74, 6) is 0. The van der Waals surface area contributed by atoms with Crippen LogP contribution in [-0.2, 0) is 5.41 Å². The molecular formula is C42H48N2S. The van der Waals surface area contributed by atoms with Gasteiger partial charge in [0.1, 0.15) is 0 Å². The van der Waals surface area contributed by atoms with E-state index < -0.39 is 0 Å². The van der Waals surface area contributed by atoms with Crippen molar-refractivity contribution in [1.29, 1.82) is 0 Å². The van der Waals surface area contributed by atoms with Crippen LogP contribution in [0.2, 0.25) is 0 Å². The Bertz CT molecular complexity index is 1880. The fraction of sp³-hybridized carbons (Fsp3) is 0.333. The van der Waals surface area contributed by atoms with E-state index in [0.29, 0.717) is 0 Å². The Balaban J connectivity index is 1.83. The SMILES string of the molecule is C=c1c(C)c/c(=C(\c2ccccn2)c2ccc(C(=C3C=C(C(C)(C)C)CC(C(C)(C)C)=C3)c3ccccn3)s2)cc1C(C)(C)C. The van der Waals surface area contributed by atoms with Gasteiger partial charge in [0.2, 0.25) is 0 Å². The van der Waals surface area contributed by atoms with E-state index in [1.165, 1.54) is 48.4 Å². The summed E-state index contributed by atoms with van der Waals surface area (Å²) in [5.41, 5.74) is 11.0. The first kappa shape index (κ1) is 32.6. The number of nitrogens with zero attached hydrogens (tertiary/aromatic N) is 2. The lowest BCUT2D eigenvalue weighted by molar-refractivity contribution is 0.447. The Morgan fingerprint density at radius 1 is 0.667 bits per heavy atom. The van der Waals surface area contributed by atoms with Gasteiger partial charge in [0.15, 0.2) is 0 Å². The van der Waals surface area contributed by atoms with Gasteiger partial charge in [0, 0.05) is 33.3 Å². The maximum atomic E-state index is 4.90. The van der Waals surface area contributed by atoms with Crippen LogP contribution in [0.15, 0.2) is 102 Å². The molecule has 0 spiro atoms. The quantitative estimate of drug-likeness (QED) is 0.229. The Hall–Kier alpha value is -3.82. The molecule has 45 heavy (non-hydrogen) atoms. The van der Waals surface area contributed by atoms with Crippen LogP contribution in [0.5, 0.6) is 0 Å². The van der Waals surface area contributed by atoms with Crippen molar-refractivity contribution in [3.05, 3.63) is 145 Å². The van der Waals surface area contributed by atoms with Gasteiger partial charge in [-0.3, -0.25) is 9.97 Å². The number of thiophene rings is 1. The van der Waals surface area contributed by atoms with E-state index in [9.17, 15) is 0 Å². The molecule has 3 aromatic heterocycles. The van der Waals surface area contributed by atoms with Crippen molar-refractivity contribution in [2.24, 2.45) is 10.8 Å². The summed E-state index contributed by atoms with van der Waals surface area (Å²) in [6.07, 6.45) is 9.63. The van der Waals surface area contributed by atoms with E-state index in [1.54, 1.807) is 0 Å². The number of pyridine rings is 2. The summed E-state index contributed by atoms with van der Waals surface area (Å²) < 4.78 is 0. The minimum atomic E-state index is -0.0283. The second-order valence-electron chi connectivity index (χ2n) is 15.4. The Morgan fingerprint density at radius 2 is 1.18 bits per heavy atom. The lowest BCUT2D eigenvalue weighted by Gasteiger charge is -2.33. The van der Waals surface area contributed by atoms with Gasteiger partial charge in [0.05, 0.1) is 11.4 Å². The molecule has 232 valence electrons. The van der Waals surface area contributed by atoms with Crippen LogP contribution in [0.1, 0.15) is 101 Å². The maximum Gasteiger partial charge on any atom is 0.0722 e. The predicted molar refractivity (Wildman–Crippen MR) is 195 cm³/mol. The molecule has 0 fully saturated rings. The van der Waals surface area contributed by atoms with Crippen LogP contribution >= 0.6 is 11.3 Å². The number of allylic oxidation sites excluding steroid dienone is 5. The smallest absolute Gasteiger partial charge is 0.0722 e. The molecule has 1 aliphatic carbocycles. The fourth-order valence-corrected chi connectivity index (χ4v) is 7.08. The molecule has 0 aliphatic heterocycles. The first-order chi connectivity index (χ1) is 21.0. The van der Waals surface area contributed by atoms with Gasteiger partial charge in [-0.1, -0.05) is 110 Å². The van der Waals surface area contributed by atoms with Gasteiger partial charge in [-0.2, -0.15) is 0 Å². The average molecular weight is 613 g/mol. The zero-order valence-electron chi connectivity index (χ0n) is 28.8. The Labute approximate surface area is 274 Å². The van der Waals surface area contributed by atoms with E-state index in [4.69, 9.17) is 9.97 Å². The van der Waals surface area contributed by atoms with Crippen molar-refractivity contribution in [2.45, 2.75) is 81.1 Å². The van der Waals surface area contributed by atoms with E-state index in [1.807, 2.05) is 35.9 Å².